The van der Waals surface area contributed by atoms with Crippen LogP contribution in [0.4, 0.5) is 0 Å². The number of carbonyl (C=O) groups excluding carboxylic acids is 1. The Kier molecular flexibility index (Phi) is 5.31. The summed E-state index contributed by atoms with van der Waals surface area (Å²) in [6.45, 7) is 0.0399. The highest BCUT2D eigenvalue weighted by Gasteiger charge is 2.12. The van der Waals surface area contributed by atoms with E-state index >= 15 is 0 Å². The minimum Gasteiger partial charge on any atom is -0.395 e. The molecule has 0 spiro atoms. The summed E-state index contributed by atoms with van der Waals surface area (Å²) < 4.78 is 0. The SMILES string of the molecule is O=C(NOCc1ccccc1)[C@H](Br)CO. The third-order valence-corrected chi connectivity index (χ3v) is 2.40. The number of benzene rings is 1. The molecule has 82 valence electrons. The fraction of sp³-hybridized carbons (Fsp3) is 0.300. The highest BCUT2D eigenvalue weighted by Crippen LogP contribution is 2.00. The van der Waals surface area contributed by atoms with Crippen molar-refractivity contribution in [3.63, 3.8) is 0 Å². The van der Waals surface area contributed by atoms with Crippen LogP contribution in [0.2, 0.25) is 0 Å². The molecule has 0 radical (unpaired) electrons. The van der Waals surface area contributed by atoms with E-state index in [4.69, 9.17) is 9.94 Å². The zero-order valence-electron chi connectivity index (χ0n) is 8.02. The Labute approximate surface area is 96.3 Å². The van der Waals surface area contributed by atoms with Gasteiger partial charge in [0.05, 0.1) is 13.2 Å². The molecule has 0 aromatic heterocycles. The largest absolute Gasteiger partial charge is 0.395 e. The van der Waals surface area contributed by atoms with Crippen molar-refractivity contribution >= 4 is 21.8 Å². The van der Waals surface area contributed by atoms with Crippen molar-refractivity contribution in [1.82, 2.24) is 5.48 Å². The van der Waals surface area contributed by atoms with Crippen LogP contribution in [0.15, 0.2) is 30.3 Å². The maximum atomic E-state index is 11.1. The van der Waals surface area contributed by atoms with Gasteiger partial charge in [0.1, 0.15) is 4.83 Å². The van der Waals surface area contributed by atoms with Gasteiger partial charge in [0.15, 0.2) is 0 Å². The van der Waals surface area contributed by atoms with Crippen LogP contribution in [0.5, 0.6) is 0 Å². The first kappa shape index (κ1) is 12.2. The van der Waals surface area contributed by atoms with Gasteiger partial charge in [0.25, 0.3) is 5.91 Å². The number of aliphatic hydroxyl groups is 1. The van der Waals surface area contributed by atoms with E-state index in [1.807, 2.05) is 30.3 Å². The fourth-order valence-corrected chi connectivity index (χ4v) is 1.01. The average Bonchev–Trinajstić information content (AvgIpc) is 2.29. The summed E-state index contributed by atoms with van der Waals surface area (Å²) in [5.41, 5.74) is 3.20. The van der Waals surface area contributed by atoms with Crippen LogP contribution in [0, 0.1) is 0 Å². The number of halogens is 1. The molecule has 0 fully saturated rings. The van der Waals surface area contributed by atoms with Crippen LogP contribution in [0.3, 0.4) is 0 Å². The molecule has 0 saturated heterocycles. The minimum absolute atomic E-state index is 0.263. The Hall–Kier alpha value is -0.910. The number of hydroxylamine groups is 1. The highest BCUT2D eigenvalue weighted by atomic mass is 79.9. The van der Waals surface area contributed by atoms with Crippen molar-refractivity contribution in [2.45, 2.75) is 11.4 Å². The first-order valence-electron chi connectivity index (χ1n) is 4.44. The van der Waals surface area contributed by atoms with Gasteiger partial charge in [0.2, 0.25) is 0 Å². The molecule has 0 bridgehead atoms. The smallest absolute Gasteiger partial charge is 0.259 e. The Morgan fingerprint density at radius 3 is 2.73 bits per heavy atom. The van der Waals surface area contributed by atoms with Crippen molar-refractivity contribution in [2.24, 2.45) is 0 Å². The van der Waals surface area contributed by atoms with Gasteiger partial charge in [0, 0.05) is 0 Å². The van der Waals surface area contributed by atoms with Crippen molar-refractivity contribution in [3.8, 4) is 0 Å². The number of amides is 1. The van der Waals surface area contributed by atoms with Gasteiger partial charge in [-0.1, -0.05) is 46.3 Å². The van der Waals surface area contributed by atoms with Gasteiger partial charge in [-0.25, -0.2) is 5.48 Å². The molecule has 2 N–H and O–H groups in total. The number of carbonyl (C=O) groups is 1. The van der Waals surface area contributed by atoms with Gasteiger partial charge in [-0.3, -0.25) is 9.63 Å². The van der Waals surface area contributed by atoms with E-state index in [0.29, 0.717) is 6.61 Å². The molecular weight excluding hydrogens is 262 g/mol. The lowest BCUT2D eigenvalue weighted by Crippen LogP contribution is -2.32. The molecule has 5 heteroatoms. The molecule has 15 heavy (non-hydrogen) atoms. The summed E-state index contributed by atoms with van der Waals surface area (Å²) >= 11 is 2.99. The Balaban J connectivity index is 2.25. The van der Waals surface area contributed by atoms with Crippen molar-refractivity contribution in [1.29, 1.82) is 0 Å². The Bertz CT molecular complexity index is 305. The topological polar surface area (TPSA) is 58.6 Å². The number of hydrogen-bond donors (Lipinski definition) is 2. The maximum Gasteiger partial charge on any atom is 0.259 e. The predicted octanol–water partition coefficient (Wildman–Crippen LogP) is 0.990. The Morgan fingerprint density at radius 1 is 1.47 bits per heavy atom. The molecule has 0 unspecified atom stereocenters. The quantitative estimate of drug-likeness (QED) is 0.622. The lowest BCUT2D eigenvalue weighted by Gasteiger charge is -2.08. The second-order valence-electron chi connectivity index (χ2n) is 2.89. The van der Waals surface area contributed by atoms with Gasteiger partial charge >= 0.3 is 0 Å². The predicted molar refractivity (Wildman–Crippen MR) is 59.2 cm³/mol. The first-order chi connectivity index (χ1) is 7.24. The van der Waals surface area contributed by atoms with Gasteiger partial charge in [-0.2, -0.15) is 0 Å². The van der Waals surface area contributed by atoms with E-state index in [2.05, 4.69) is 21.4 Å². The Morgan fingerprint density at radius 2 is 2.13 bits per heavy atom. The van der Waals surface area contributed by atoms with Crippen LogP contribution < -0.4 is 5.48 Å². The standard InChI is InChI=1S/C10H12BrNO3/c11-9(6-13)10(14)12-15-7-8-4-2-1-3-5-8/h1-5,9,13H,6-7H2,(H,12,14)/t9-/m1/s1. The zero-order chi connectivity index (χ0) is 11.1. The van der Waals surface area contributed by atoms with Crippen molar-refractivity contribution in [2.75, 3.05) is 6.61 Å². The molecule has 1 rings (SSSR count). The molecule has 0 saturated carbocycles. The molecule has 4 nitrogen and oxygen atoms in total. The summed E-state index contributed by atoms with van der Waals surface area (Å²) in [6.07, 6.45) is 0. The third kappa shape index (κ3) is 4.42. The molecular formula is C10H12BrNO3. The summed E-state index contributed by atoms with van der Waals surface area (Å²) in [7, 11) is 0. The van der Waals surface area contributed by atoms with Crippen molar-refractivity contribution in [3.05, 3.63) is 35.9 Å². The monoisotopic (exact) mass is 273 g/mol. The third-order valence-electron chi connectivity index (χ3n) is 1.70. The molecule has 1 aromatic carbocycles. The van der Waals surface area contributed by atoms with Crippen LogP contribution in [-0.4, -0.2) is 22.4 Å². The van der Waals surface area contributed by atoms with Gasteiger partial charge < -0.3 is 5.11 Å². The fourth-order valence-electron chi connectivity index (χ4n) is 0.912. The average molecular weight is 274 g/mol. The highest BCUT2D eigenvalue weighted by molar-refractivity contribution is 9.10. The van der Waals surface area contributed by atoms with E-state index in [9.17, 15) is 4.79 Å². The summed E-state index contributed by atoms with van der Waals surface area (Å²) in [5, 5.41) is 8.66. The van der Waals surface area contributed by atoms with E-state index in [0.717, 1.165) is 5.56 Å². The van der Waals surface area contributed by atoms with Gasteiger partial charge in [-0.05, 0) is 5.56 Å². The van der Waals surface area contributed by atoms with Crippen LogP contribution in [0.25, 0.3) is 0 Å². The lowest BCUT2D eigenvalue weighted by atomic mass is 10.2. The molecule has 1 aromatic rings. The number of alkyl halides is 1. The van der Waals surface area contributed by atoms with Gasteiger partial charge in [-0.15, -0.1) is 0 Å². The van der Waals surface area contributed by atoms with E-state index in [-0.39, 0.29) is 6.61 Å². The molecule has 1 atom stereocenters. The normalized spacial score (nSPS) is 12.1. The lowest BCUT2D eigenvalue weighted by molar-refractivity contribution is -0.134. The summed E-state index contributed by atoms with van der Waals surface area (Å²) in [6, 6.07) is 9.47. The number of nitrogens with one attached hydrogen (secondary N) is 1. The van der Waals surface area contributed by atoms with Crippen LogP contribution >= 0.6 is 15.9 Å². The molecule has 1 amide bonds. The van der Waals surface area contributed by atoms with Crippen molar-refractivity contribution < 1.29 is 14.7 Å². The minimum atomic E-state index is -0.631. The summed E-state index contributed by atoms with van der Waals surface area (Å²) in [5.74, 6) is -0.395. The second kappa shape index (κ2) is 6.55. The number of hydrogen-bond acceptors (Lipinski definition) is 3. The second-order valence-corrected chi connectivity index (χ2v) is 4.00. The zero-order valence-corrected chi connectivity index (χ0v) is 9.61. The van der Waals surface area contributed by atoms with Crippen LogP contribution in [0.1, 0.15) is 5.56 Å². The van der Waals surface area contributed by atoms with Crippen LogP contribution in [-0.2, 0) is 16.2 Å². The number of rotatable bonds is 5. The van der Waals surface area contributed by atoms with E-state index < -0.39 is 10.7 Å². The molecule has 0 aliphatic heterocycles. The molecule has 0 heterocycles. The summed E-state index contributed by atoms with van der Waals surface area (Å²) in [4.78, 5) is 15.5. The van der Waals surface area contributed by atoms with E-state index in [1.54, 1.807) is 0 Å². The van der Waals surface area contributed by atoms with E-state index in [1.165, 1.54) is 0 Å². The molecule has 0 aliphatic carbocycles. The maximum absolute atomic E-state index is 11.1. The molecule has 0 aliphatic rings. The first-order valence-corrected chi connectivity index (χ1v) is 5.36. The number of aliphatic hydroxyl groups excluding tert-OH is 1.